The smallest absolute Gasteiger partial charge is 0.155 e. The van der Waals surface area contributed by atoms with Crippen LogP contribution in [0.3, 0.4) is 0 Å². The average Bonchev–Trinajstić information content (AvgIpc) is 2.52. The van der Waals surface area contributed by atoms with Gasteiger partial charge < -0.3 is 4.74 Å². The zero-order valence-corrected chi connectivity index (χ0v) is 9.10. The van der Waals surface area contributed by atoms with Crippen molar-refractivity contribution in [2.75, 3.05) is 13.2 Å². The summed E-state index contributed by atoms with van der Waals surface area (Å²) in [4.78, 5) is 4.49. The number of nitriles is 1. The van der Waals surface area contributed by atoms with Gasteiger partial charge in [-0.25, -0.2) is 4.98 Å². The van der Waals surface area contributed by atoms with E-state index in [2.05, 4.69) is 24.9 Å². The van der Waals surface area contributed by atoms with E-state index in [0.29, 0.717) is 19.1 Å². The van der Waals surface area contributed by atoms with Crippen LogP contribution < -0.4 is 0 Å². The van der Waals surface area contributed by atoms with Crippen molar-refractivity contribution < 1.29 is 4.74 Å². The molecule has 1 aromatic heterocycles. The summed E-state index contributed by atoms with van der Waals surface area (Å²) in [7, 11) is 0. The van der Waals surface area contributed by atoms with Crippen molar-refractivity contribution in [3.05, 3.63) is 16.1 Å². The van der Waals surface area contributed by atoms with Crippen LogP contribution in [0, 0.1) is 11.3 Å². The van der Waals surface area contributed by atoms with Gasteiger partial charge in [-0.3, -0.25) is 0 Å². The first-order chi connectivity index (χ1) is 6.68. The summed E-state index contributed by atoms with van der Waals surface area (Å²) in [6.07, 6.45) is 0. The minimum absolute atomic E-state index is 0.428. The number of thiazole rings is 1. The largest absolute Gasteiger partial charge is 0.377 e. The lowest BCUT2D eigenvalue weighted by Gasteiger charge is -2.32. The monoisotopic (exact) mass is 208 g/mol. The molecule has 1 aliphatic heterocycles. The van der Waals surface area contributed by atoms with Crippen molar-refractivity contribution in [3.8, 4) is 6.07 Å². The van der Waals surface area contributed by atoms with E-state index in [1.54, 1.807) is 11.3 Å². The number of hydrogen-bond donors (Lipinski definition) is 0. The van der Waals surface area contributed by atoms with Crippen LogP contribution in [0.4, 0.5) is 0 Å². The molecule has 1 aliphatic rings. The number of aromatic nitrogens is 1. The van der Waals surface area contributed by atoms with E-state index in [9.17, 15) is 0 Å². The van der Waals surface area contributed by atoms with E-state index >= 15 is 0 Å². The second-order valence-electron chi connectivity index (χ2n) is 3.92. The molecule has 0 radical (unpaired) electrons. The molecule has 0 aliphatic carbocycles. The Balaban J connectivity index is 2.29. The molecule has 74 valence electrons. The highest BCUT2D eigenvalue weighted by Crippen LogP contribution is 2.34. The lowest BCUT2D eigenvalue weighted by molar-refractivity contribution is -0.0299. The van der Waals surface area contributed by atoms with Gasteiger partial charge in [0.25, 0.3) is 0 Å². The molecule has 0 aromatic carbocycles. The fourth-order valence-electron chi connectivity index (χ4n) is 1.31. The van der Waals surface area contributed by atoms with Crippen LogP contribution in [0.5, 0.6) is 0 Å². The first kappa shape index (κ1) is 9.63. The first-order valence-electron chi connectivity index (χ1n) is 4.63. The summed E-state index contributed by atoms with van der Waals surface area (Å²) in [6, 6.07) is 2.31. The molecule has 2 rings (SSSR count). The quantitative estimate of drug-likeness (QED) is 0.747. The molecule has 0 spiro atoms. The van der Waals surface area contributed by atoms with Crippen LogP contribution in [-0.2, 0) is 10.2 Å². The third kappa shape index (κ3) is 1.33. The van der Waals surface area contributed by atoms with Crippen LogP contribution in [0.25, 0.3) is 0 Å². The highest BCUT2D eigenvalue weighted by Gasteiger charge is 2.43. The molecule has 0 amide bonds. The number of rotatable bonds is 2. The molecular formula is C10H12N2OS. The van der Waals surface area contributed by atoms with Gasteiger partial charge in [0.15, 0.2) is 5.41 Å². The predicted octanol–water partition coefficient (Wildman–Crippen LogP) is 2.06. The third-order valence-corrected chi connectivity index (χ3v) is 3.50. The standard InChI is InChI=1S/C10H12N2OS/c1-7(2)8-3-14-9(12-8)10(4-11)5-13-6-10/h3,7H,5-6H2,1-2H3. The zero-order chi connectivity index (χ0) is 10.2. The lowest BCUT2D eigenvalue weighted by Crippen LogP contribution is -2.45. The summed E-state index contributed by atoms with van der Waals surface area (Å²) < 4.78 is 5.10. The van der Waals surface area contributed by atoms with Gasteiger partial charge in [0.1, 0.15) is 5.01 Å². The van der Waals surface area contributed by atoms with E-state index in [1.807, 2.05) is 5.38 Å². The van der Waals surface area contributed by atoms with Crippen LogP contribution in [0.2, 0.25) is 0 Å². The van der Waals surface area contributed by atoms with E-state index < -0.39 is 5.41 Å². The van der Waals surface area contributed by atoms with E-state index in [1.165, 1.54) is 0 Å². The average molecular weight is 208 g/mol. The maximum absolute atomic E-state index is 9.07. The van der Waals surface area contributed by atoms with E-state index in [0.717, 1.165) is 10.7 Å². The van der Waals surface area contributed by atoms with Crippen molar-refractivity contribution in [1.82, 2.24) is 4.98 Å². The van der Waals surface area contributed by atoms with Crippen LogP contribution >= 0.6 is 11.3 Å². The molecular weight excluding hydrogens is 196 g/mol. The maximum Gasteiger partial charge on any atom is 0.155 e. The number of hydrogen-bond acceptors (Lipinski definition) is 4. The summed E-state index contributed by atoms with van der Waals surface area (Å²) in [5.74, 6) is 0.428. The fourth-order valence-corrected chi connectivity index (χ4v) is 2.42. The molecule has 2 heterocycles. The highest BCUT2D eigenvalue weighted by atomic mass is 32.1. The van der Waals surface area contributed by atoms with Crippen LogP contribution in [0.15, 0.2) is 5.38 Å². The van der Waals surface area contributed by atoms with Gasteiger partial charge in [-0.15, -0.1) is 11.3 Å². The zero-order valence-electron chi connectivity index (χ0n) is 8.28. The molecule has 3 nitrogen and oxygen atoms in total. The lowest BCUT2D eigenvalue weighted by atomic mass is 9.89. The Hall–Kier alpha value is -0.920. The van der Waals surface area contributed by atoms with Crippen molar-refractivity contribution in [2.24, 2.45) is 0 Å². The number of nitrogens with zero attached hydrogens (tertiary/aromatic N) is 2. The molecule has 14 heavy (non-hydrogen) atoms. The minimum Gasteiger partial charge on any atom is -0.377 e. The Bertz CT molecular complexity index is 374. The molecule has 1 saturated heterocycles. The molecule has 4 heteroatoms. The van der Waals surface area contributed by atoms with E-state index in [-0.39, 0.29) is 0 Å². The van der Waals surface area contributed by atoms with Crippen LogP contribution in [-0.4, -0.2) is 18.2 Å². The Morgan fingerprint density at radius 2 is 2.36 bits per heavy atom. The molecule has 0 saturated carbocycles. The molecule has 0 atom stereocenters. The van der Waals surface area contributed by atoms with Crippen molar-refractivity contribution >= 4 is 11.3 Å². The van der Waals surface area contributed by atoms with Crippen molar-refractivity contribution in [2.45, 2.75) is 25.2 Å². The van der Waals surface area contributed by atoms with Gasteiger partial charge in [-0.2, -0.15) is 5.26 Å². The molecule has 0 bridgehead atoms. The van der Waals surface area contributed by atoms with E-state index in [4.69, 9.17) is 10.00 Å². The number of ether oxygens (including phenoxy) is 1. The predicted molar refractivity (Wildman–Crippen MR) is 54.3 cm³/mol. The Labute approximate surface area is 87.3 Å². The molecule has 1 aromatic rings. The second kappa shape index (κ2) is 3.34. The third-order valence-electron chi connectivity index (χ3n) is 2.43. The van der Waals surface area contributed by atoms with Gasteiger partial charge >= 0.3 is 0 Å². The van der Waals surface area contributed by atoms with Gasteiger partial charge in [0.2, 0.25) is 0 Å². The topological polar surface area (TPSA) is 45.9 Å². The fraction of sp³-hybridized carbons (Fsp3) is 0.600. The second-order valence-corrected chi connectivity index (χ2v) is 4.78. The van der Waals surface area contributed by atoms with Gasteiger partial charge in [-0.05, 0) is 5.92 Å². The van der Waals surface area contributed by atoms with Crippen molar-refractivity contribution in [1.29, 1.82) is 5.26 Å². The highest BCUT2D eigenvalue weighted by molar-refractivity contribution is 7.09. The minimum atomic E-state index is -0.447. The van der Waals surface area contributed by atoms with Gasteiger partial charge in [0.05, 0.1) is 25.0 Å². The molecule has 1 fully saturated rings. The van der Waals surface area contributed by atoms with Crippen molar-refractivity contribution in [3.63, 3.8) is 0 Å². The van der Waals surface area contributed by atoms with Gasteiger partial charge in [-0.1, -0.05) is 13.8 Å². The Morgan fingerprint density at radius 1 is 1.64 bits per heavy atom. The Morgan fingerprint density at radius 3 is 2.71 bits per heavy atom. The summed E-state index contributed by atoms with van der Waals surface area (Å²) in [6.45, 7) is 5.20. The summed E-state index contributed by atoms with van der Waals surface area (Å²) >= 11 is 1.57. The summed E-state index contributed by atoms with van der Waals surface area (Å²) in [5, 5.41) is 12.0. The SMILES string of the molecule is CC(C)c1csc(C2(C#N)COC2)n1. The summed E-state index contributed by atoms with van der Waals surface area (Å²) in [5.41, 5.74) is 0.629. The van der Waals surface area contributed by atoms with Crippen LogP contribution in [0.1, 0.15) is 30.5 Å². The molecule has 0 N–H and O–H groups in total. The Kier molecular flexibility index (Phi) is 2.30. The normalized spacial score (nSPS) is 19.0. The first-order valence-corrected chi connectivity index (χ1v) is 5.51. The maximum atomic E-state index is 9.07. The molecule has 0 unspecified atom stereocenters. The van der Waals surface area contributed by atoms with Gasteiger partial charge in [0, 0.05) is 5.38 Å².